The van der Waals surface area contributed by atoms with Crippen LogP contribution >= 0.6 is 11.6 Å². The molecule has 0 amide bonds. The molecule has 0 aliphatic rings. The molecule has 2 heteroatoms. The predicted octanol–water partition coefficient (Wildman–Crippen LogP) is 2.54. The minimum Gasteiger partial charge on any atom is -0.330 e. The molecule has 0 aliphatic heterocycles. The van der Waals surface area contributed by atoms with E-state index in [9.17, 15) is 0 Å². The normalized spacial score (nSPS) is 10.2. The average molecular weight is 184 g/mol. The van der Waals surface area contributed by atoms with Gasteiger partial charge in [0, 0.05) is 5.02 Å². The lowest BCUT2D eigenvalue weighted by Gasteiger charge is -2.05. The summed E-state index contributed by atoms with van der Waals surface area (Å²) in [7, 11) is 0. The highest BCUT2D eigenvalue weighted by Crippen LogP contribution is 2.19. The SMILES string of the molecule is Cc1c(Cl)cccc1CCCN. The van der Waals surface area contributed by atoms with Crippen molar-refractivity contribution in [1.29, 1.82) is 0 Å². The average Bonchev–Trinajstić information content (AvgIpc) is 2.08. The maximum atomic E-state index is 5.96. The van der Waals surface area contributed by atoms with E-state index in [1.165, 1.54) is 11.1 Å². The van der Waals surface area contributed by atoms with Crippen LogP contribution in [0, 0.1) is 6.92 Å². The Morgan fingerprint density at radius 1 is 1.42 bits per heavy atom. The standard InChI is InChI=1S/C10H14ClN/c1-8-9(5-3-7-12)4-2-6-10(8)11/h2,4,6H,3,5,7,12H2,1H3. The van der Waals surface area contributed by atoms with Crippen molar-refractivity contribution in [3.8, 4) is 0 Å². The largest absolute Gasteiger partial charge is 0.330 e. The van der Waals surface area contributed by atoms with Gasteiger partial charge in [-0.2, -0.15) is 0 Å². The molecule has 0 heterocycles. The van der Waals surface area contributed by atoms with Crippen molar-refractivity contribution in [2.45, 2.75) is 19.8 Å². The fourth-order valence-electron chi connectivity index (χ4n) is 1.22. The van der Waals surface area contributed by atoms with Crippen LogP contribution in [-0.2, 0) is 6.42 Å². The summed E-state index contributed by atoms with van der Waals surface area (Å²) < 4.78 is 0. The summed E-state index contributed by atoms with van der Waals surface area (Å²) in [5.74, 6) is 0. The predicted molar refractivity (Wildman–Crippen MR) is 53.6 cm³/mol. The molecule has 0 bridgehead atoms. The number of hydrogen-bond donors (Lipinski definition) is 1. The fourth-order valence-corrected chi connectivity index (χ4v) is 1.41. The summed E-state index contributed by atoms with van der Waals surface area (Å²) in [5, 5.41) is 0.851. The van der Waals surface area contributed by atoms with Crippen LogP contribution in [0.15, 0.2) is 18.2 Å². The van der Waals surface area contributed by atoms with Crippen molar-refractivity contribution >= 4 is 11.6 Å². The zero-order chi connectivity index (χ0) is 8.97. The molecule has 1 rings (SSSR count). The first-order chi connectivity index (χ1) is 5.75. The molecule has 1 aromatic carbocycles. The van der Waals surface area contributed by atoms with Crippen LogP contribution in [0.1, 0.15) is 17.5 Å². The first-order valence-electron chi connectivity index (χ1n) is 4.19. The van der Waals surface area contributed by atoms with Crippen molar-refractivity contribution in [2.24, 2.45) is 5.73 Å². The van der Waals surface area contributed by atoms with Gasteiger partial charge in [0.1, 0.15) is 0 Å². The van der Waals surface area contributed by atoms with Crippen LogP contribution in [0.4, 0.5) is 0 Å². The zero-order valence-electron chi connectivity index (χ0n) is 7.31. The lowest BCUT2D eigenvalue weighted by atomic mass is 10.0. The Morgan fingerprint density at radius 2 is 2.17 bits per heavy atom. The zero-order valence-corrected chi connectivity index (χ0v) is 8.06. The minimum atomic E-state index is 0.742. The van der Waals surface area contributed by atoms with E-state index in [4.69, 9.17) is 17.3 Å². The van der Waals surface area contributed by atoms with Gasteiger partial charge in [0.15, 0.2) is 0 Å². The first kappa shape index (κ1) is 9.56. The Kier molecular flexibility index (Phi) is 3.57. The van der Waals surface area contributed by atoms with Crippen LogP contribution < -0.4 is 5.73 Å². The van der Waals surface area contributed by atoms with Crippen molar-refractivity contribution in [3.63, 3.8) is 0 Å². The van der Waals surface area contributed by atoms with E-state index in [-0.39, 0.29) is 0 Å². The number of benzene rings is 1. The van der Waals surface area contributed by atoms with Crippen molar-refractivity contribution in [3.05, 3.63) is 34.3 Å². The second-order valence-electron chi connectivity index (χ2n) is 2.92. The van der Waals surface area contributed by atoms with E-state index in [1.807, 2.05) is 19.1 Å². The Balaban J connectivity index is 2.78. The smallest absolute Gasteiger partial charge is 0.0437 e. The molecule has 2 N–H and O–H groups in total. The number of nitrogens with two attached hydrogens (primary N) is 1. The third-order valence-corrected chi connectivity index (χ3v) is 2.44. The number of aryl methyl sites for hydroxylation is 1. The molecule has 0 aromatic heterocycles. The first-order valence-corrected chi connectivity index (χ1v) is 4.57. The molecular formula is C10H14ClN. The highest BCUT2D eigenvalue weighted by molar-refractivity contribution is 6.31. The quantitative estimate of drug-likeness (QED) is 0.766. The van der Waals surface area contributed by atoms with Crippen LogP contribution in [-0.4, -0.2) is 6.54 Å². The third-order valence-electron chi connectivity index (χ3n) is 2.03. The van der Waals surface area contributed by atoms with Gasteiger partial charge in [0.25, 0.3) is 0 Å². The molecule has 0 unspecified atom stereocenters. The molecule has 1 aromatic rings. The summed E-state index contributed by atoms with van der Waals surface area (Å²) in [6.07, 6.45) is 2.06. The summed E-state index contributed by atoms with van der Waals surface area (Å²) in [5.41, 5.74) is 7.93. The van der Waals surface area contributed by atoms with Gasteiger partial charge < -0.3 is 5.73 Å². The monoisotopic (exact) mass is 183 g/mol. The van der Waals surface area contributed by atoms with Crippen LogP contribution in [0.5, 0.6) is 0 Å². The summed E-state index contributed by atoms with van der Waals surface area (Å²) in [6, 6.07) is 6.01. The van der Waals surface area contributed by atoms with Gasteiger partial charge in [-0.05, 0) is 43.5 Å². The Bertz CT molecular complexity index is 258. The summed E-state index contributed by atoms with van der Waals surface area (Å²) >= 11 is 5.96. The van der Waals surface area contributed by atoms with E-state index < -0.39 is 0 Å². The Labute approximate surface area is 78.5 Å². The molecule has 0 fully saturated rings. The van der Waals surface area contributed by atoms with E-state index in [0.717, 1.165) is 24.4 Å². The highest BCUT2D eigenvalue weighted by atomic mass is 35.5. The van der Waals surface area contributed by atoms with Crippen LogP contribution in [0.2, 0.25) is 5.02 Å². The molecule has 0 radical (unpaired) electrons. The van der Waals surface area contributed by atoms with Gasteiger partial charge in [0.05, 0.1) is 0 Å². The topological polar surface area (TPSA) is 26.0 Å². The molecule has 66 valence electrons. The van der Waals surface area contributed by atoms with Crippen LogP contribution in [0.3, 0.4) is 0 Å². The maximum Gasteiger partial charge on any atom is 0.0437 e. The van der Waals surface area contributed by atoms with E-state index in [0.29, 0.717) is 0 Å². The lowest BCUT2D eigenvalue weighted by molar-refractivity contribution is 0.828. The van der Waals surface area contributed by atoms with Gasteiger partial charge in [-0.15, -0.1) is 0 Å². The molecule has 0 saturated carbocycles. The van der Waals surface area contributed by atoms with Crippen molar-refractivity contribution < 1.29 is 0 Å². The van der Waals surface area contributed by atoms with Gasteiger partial charge in [-0.3, -0.25) is 0 Å². The van der Waals surface area contributed by atoms with Crippen LogP contribution in [0.25, 0.3) is 0 Å². The number of halogens is 1. The van der Waals surface area contributed by atoms with Crippen molar-refractivity contribution in [1.82, 2.24) is 0 Å². The molecule has 0 aliphatic carbocycles. The molecule has 1 nitrogen and oxygen atoms in total. The second-order valence-corrected chi connectivity index (χ2v) is 3.32. The van der Waals surface area contributed by atoms with E-state index >= 15 is 0 Å². The summed E-state index contributed by atoms with van der Waals surface area (Å²) in [4.78, 5) is 0. The Hall–Kier alpha value is -0.530. The molecule has 0 spiro atoms. The summed E-state index contributed by atoms with van der Waals surface area (Å²) in [6.45, 7) is 2.79. The van der Waals surface area contributed by atoms with Gasteiger partial charge in [0.2, 0.25) is 0 Å². The van der Waals surface area contributed by atoms with Gasteiger partial charge in [-0.1, -0.05) is 23.7 Å². The molecular weight excluding hydrogens is 170 g/mol. The lowest BCUT2D eigenvalue weighted by Crippen LogP contribution is -2.01. The maximum absolute atomic E-state index is 5.96. The van der Waals surface area contributed by atoms with E-state index in [1.54, 1.807) is 0 Å². The Morgan fingerprint density at radius 3 is 2.83 bits per heavy atom. The van der Waals surface area contributed by atoms with E-state index in [2.05, 4.69) is 6.07 Å². The molecule has 12 heavy (non-hydrogen) atoms. The number of rotatable bonds is 3. The number of hydrogen-bond acceptors (Lipinski definition) is 1. The molecule has 0 atom stereocenters. The highest BCUT2D eigenvalue weighted by Gasteiger charge is 2.00. The van der Waals surface area contributed by atoms with Gasteiger partial charge in [-0.25, -0.2) is 0 Å². The third kappa shape index (κ3) is 2.23. The minimum absolute atomic E-state index is 0.742. The fraction of sp³-hybridized carbons (Fsp3) is 0.400. The van der Waals surface area contributed by atoms with Gasteiger partial charge >= 0.3 is 0 Å². The second kappa shape index (κ2) is 4.48. The van der Waals surface area contributed by atoms with Crippen molar-refractivity contribution in [2.75, 3.05) is 6.54 Å². The molecule has 0 saturated heterocycles.